The van der Waals surface area contributed by atoms with Gasteiger partial charge < -0.3 is 15.3 Å². The highest BCUT2D eigenvalue weighted by Crippen LogP contribution is 2.02. The molecule has 1 heterocycles. The van der Waals surface area contributed by atoms with Crippen molar-refractivity contribution in [3.8, 4) is 0 Å². The number of carbonyl (C=O) groups is 1. The number of hydrogen-bond acceptors (Lipinski definition) is 4. The van der Waals surface area contributed by atoms with Crippen molar-refractivity contribution in [3.63, 3.8) is 0 Å². The molecule has 0 saturated carbocycles. The zero-order valence-corrected chi connectivity index (χ0v) is 11.1. The predicted molar refractivity (Wildman–Crippen MR) is 67.8 cm³/mol. The largest absolute Gasteiger partial charge is 0.394 e. The first-order chi connectivity index (χ1) is 8.02. The molecular formula is C12H25N3O2. The van der Waals surface area contributed by atoms with Crippen LogP contribution in [0.2, 0.25) is 0 Å². The van der Waals surface area contributed by atoms with E-state index in [1.165, 1.54) is 0 Å². The van der Waals surface area contributed by atoms with E-state index in [1.54, 1.807) is 0 Å². The number of aliphatic hydroxyl groups excluding tert-OH is 1. The van der Waals surface area contributed by atoms with E-state index in [2.05, 4.69) is 22.2 Å². The van der Waals surface area contributed by atoms with Crippen LogP contribution in [0.25, 0.3) is 0 Å². The van der Waals surface area contributed by atoms with E-state index in [1.807, 2.05) is 13.8 Å². The molecule has 100 valence electrons. The molecule has 1 atom stereocenters. The van der Waals surface area contributed by atoms with Crippen LogP contribution in [0, 0.1) is 5.92 Å². The molecule has 1 aliphatic heterocycles. The normalized spacial score (nSPS) is 20.5. The second kappa shape index (κ2) is 6.93. The Kier molecular flexibility index (Phi) is 5.88. The van der Waals surface area contributed by atoms with Crippen molar-refractivity contribution >= 4 is 5.91 Å². The minimum absolute atomic E-state index is 0.00610. The fourth-order valence-corrected chi connectivity index (χ4v) is 1.88. The first kappa shape index (κ1) is 14.4. The third-order valence-corrected chi connectivity index (χ3v) is 3.31. The van der Waals surface area contributed by atoms with Gasteiger partial charge in [-0.2, -0.15) is 0 Å². The lowest BCUT2D eigenvalue weighted by Gasteiger charge is -2.32. The van der Waals surface area contributed by atoms with E-state index < -0.39 is 0 Å². The Bertz CT molecular complexity index is 238. The number of rotatable bonds is 5. The summed E-state index contributed by atoms with van der Waals surface area (Å²) < 4.78 is 0. The van der Waals surface area contributed by atoms with Crippen LogP contribution in [0.1, 0.15) is 13.8 Å². The average molecular weight is 243 g/mol. The zero-order chi connectivity index (χ0) is 12.8. The van der Waals surface area contributed by atoms with Crippen molar-refractivity contribution < 1.29 is 9.90 Å². The Morgan fingerprint density at radius 1 is 1.29 bits per heavy atom. The standard InChI is InChI=1S/C12H25N3O2/c1-10(2)11(9-16)13-12(17)8-15-6-4-14(3)5-7-15/h10-11,16H,4-9H2,1-3H3,(H,13,17). The maximum Gasteiger partial charge on any atom is 0.234 e. The van der Waals surface area contributed by atoms with Crippen molar-refractivity contribution in [2.45, 2.75) is 19.9 Å². The predicted octanol–water partition coefficient (Wildman–Crippen LogP) is -0.633. The smallest absolute Gasteiger partial charge is 0.234 e. The van der Waals surface area contributed by atoms with Gasteiger partial charge in [0.1, 0.15) is 0 Å². The minimum Gasteiger partial charge on any atom is -0.394 e. The van der Waals surface area contributed by atoms with E-state index >= 15 is 0 Å². The fourth-order valence-electron chi connectivity index (χ4n) is 1.88. The highest BCUT2D eigenvalue weighted by Gasteiger charge is 2.19. The third-order valence-electron chi connectivity index (χ3n) is 3.31. The van der Waals surface area contributed by atoms with Gasteiger partial charge >= 0.3 is 0 Å². The summed E-state index contributed by atoms with van der Waals surface area (Å²) >= 11 is 0. The summed E-state index contributed by atoms with van der Waals surface area (Å²) in [6, 6.07) is -0.130. The number of amides is 1. The van der Waals surface area contributed by atoms with Gasteiger partial charge in [-0.3, -0.25) is 9.69 Å². The van der Waals surface area contributed by atoms with Crippen LogP contribution in [0.15, 0.2) is 0 Å². The van der Waals surface area contributed by atoms with Crippen molar-refractivity contribution in [1.29, 1.82) is 0 Å². The molecule has 5 heteroatoms. The maximum atomic E-state index is 11.8. The molecule has 1 fully saturated rings. The zero-order valence-electron chi connectivity index (χ0n) is 11.1. The van der Waals surface area contributed by atoms with Gasteiger partial charge in [0.25, 0.3) is 0 Å². The second-order valence-electron chi connectivity index (χ2n) is 5.18. The lowest BCUT2D eigenvalue weighted by Crippen LogP contribution is -2.50. The number of nitrogens with one attached hydrogen (secondary N) is 1. The van der Waals surface area contributed by atoms with Gasteiger partial charge in [-0.05, 0) is 13.0 Å². The first-order valence-corrected chi connectivity index (χ1v) is 6.34. The number of hydrogen-bond donors (Lipinski definition) is 2. The summed E-state index contributed by atoms with van der Waals surface area (Å²) in [6.07, 6.45) is 0. The van der Waals surface area contributed by atoms with Crippen molar-refractivity contribution in [3.05, 3.63) is 0 Å². The monoisotopic (exact) mass is 243 g/mol. The molecule has 0 radical (unpaired) electrons. The minimum atomic E-state index is -0.130. The third kappa shape index (κ3) is 5.02. The number of likely N-dealkylation sites (N-methyl/N-ethyl adjacent to an activating group) is 1. The van der Waals surface area contributed by atoms with Crippen LogP contribution in [-0.4, -0.2) is 73.2 Å². The SMILES string of the molecule is CC(C)C(CO)NC(=O)CN1CCN(C)CC1. The Hall–Kier alpha value is -0.650. The summed E-state index contributed by atoms with van der Waals surface area (Å²) in [6.45, 7) is 8.35. The second-order valence-corrected chi connectivity index (χ2v) is 5.18. The van der Waals surface area contributed by atoms with Gasteiger partial charge in [0.05, 0.1) is 19.2 Å². The lowest BCUT2D eigenvalue weighted by molar-refractivity contribution is -0.124. The Balaban J connectivity index is 2.29. The van der Waals surface area contributed by atoms with Crippen LogP contribution in [0.3, 0.4) is 0 Å². The molecule has 0 aromatic carbocycles. The molecule has 0 aromatic rings. The van der Waals surface area contributed by atoms with E-state index in [0.717, 1.165) is 26.2 Å². The van der Waals surface area contributed by atoms with E-state index in [0.29, 0.717) is 6.54 Å². The molecule has 1 aliphatic rings. The molecule has 5 nitrogen and oxygen atoms in total. The van der Waals surface area contributed by atoms with E-state index in [-0.39, 0.29) is 24.5 Å². The molecular weight excluding hydrogens is 218 g/mol. The van der Waals surface area contributed by atoms with Crippen molar-refractivity contribution in [2.75, 3.05) is 46.4 Å². The molecule has 0 aliphatic carbocycles. The Morgan fingerprint density at radius 3 is 2.35 bits per heavy atom. The summed E-state index contributed by atoms with van der Waals surface area (Å²) in [7, 11) is 2.10. The summed E-state index contributed by atoms with van der Waals surface area (Å²) in [4.78, 5) is 16.2. The van der Waals surface area contributed by atoms with Crippen LogP contribution in [0.5, 0.6) is 0 Å². The van der Waals surface area contributed by atoms with Gasteiger partial charge in [0.15, 0.2) is 0 Å². The molecule has 0 aromatic heterocycles. The van der Waals surface area contributed by atoms with Gasteiger partial charge in [-0.1, -0.05) is 13.8 Å². The summed E-state index contributed by atoms with van der Waals surface area (Å²) in [5.74, 6) is 0.277. The number of nitrogens with zero attached hydrogens (tertiary/aromatic N) is 2. The van der Waals surface area contributed by atoms with Crippen molar-refractivity contribution in [1.82, 2.24) is 15.1 Å². The Morgan fingerprint density at radius 2 is 1.88 bits per heavy atom. The molecule has 17 heavy (non-hydrogen) atoms. The summed E-state index contributed by atoms with van der Waals surface area (Å²) in [5, 5.41) is 12.0. The molecule has 2 N–H and O–H groups in total. The highest BCUT2D eigenvalue weighted by atomic mass is 16.3. The van der Waals surface area contributed by atoms with Gasteiger partial charge in [0, 0.05) is 26.2 Å². The first-order valence-electron chi connectivity index (χ1n) is 6.34. The molecule has 0 spiro atoms. The highest BCUT2D eigenvalue weighted by molar-refractivity contribution is 5.78. The van der Waals surface area contributed by atoms with E-state index in [4.69, 9.17) is 5.11 Å². The Labute approximate surface area is 104 Å². The average Bonchev–Trinajstić information content (AvgIpc) is 2.28. The van der Waals surface area contributed by atoms with Crippen LogP contribution < -0.4 is 5.32 Å². The molecule has 1 unspecified atom stereocenters. The topological polar surface area (TPSA) is 55.8 Å². The molecule has 0 bridgehead atoms. The maximum absolute atomic E-state index is 11.8. The van der Waals surface area contributed by atoms with Gasteiger partial charge in [-0.15, -0.1) is 0 Å². The lowest BCUT2D eigenvalue weighted by atomic mass is 10.1. The quantitative estimate of drug-likeness (QED) is 0.675. The molecule has 1 saturated heterocycles. The van der Waals surface area contributed by atoms with Crippen LogP contribution >= 0.6 is 0 Å². The molecule has 1 rings (SSSR count). The molecule has 1 amide bonds. The van der Waals surface area contributed by atoms with Crippen LogP contribution in [-0.2, 0) is 4.79 Å². The number of piperazine rings is 1. The van der Waals surface area contributed by atoms with Crippen LogP contribution in [0.4, 0.5) is 0 Å². The number of carbonyl (C=O) groups excluding carboxylic acids is 1. The van der Waals surface area contributed by atoms with Gasteiger partial charge in [0.2, 0.25) is 5.91 Å². The summed E-state index contributed by atoms with van der Waals surface area (Å²) in [5.41, 5.74) is 0. The number of aliphatic hydroxyl groups is 1. The van der Waals surface area contributed by atoms with Crippen molar-refractivity contribution in [2.24, 2.45) is 5.92 Å². The van der Waals surface area contributed by atoms with E-state index in [9.17, 15) is 4.79 Å². The fraction of sp³-hybridized carbons (Fsp3) is 0.917. The van der Waals surface area contributed by atoms with Gasteiger partial charge in [-0.25, -0.2) is 0 Å².